The van der Waals surface area contributed by atoms with Gasteiger partial charge in [-0.3, -0.25) is 4.98 Å². The molecule has 1 aliphatic rings. The number of hydrogen-bond donors (Lipinski definition) is 0. The van der Waals surface area contributed by atoms with E-state index >= 15 is 0 Å². The molecule has 1 aromatic heterocycles. The molecule has 1 saturated carbocycles. The monoisotopic (exact) mass is 245 g/mol. The molecule has 0 saturated heterocycles. The van der Waals surface area contributed by atoms with Crippen LogP contribution in [0, 0.1) is 0 Å². The van der Waals surface area contributed by atoms with Gasteiger partial charge in [0.2, 0.25) is 0 Å². The first kappa shape index (κ1) is 12.2. The predicted molar refractivity (Wildman–Crippen MR) is 57.0 cm³/mol. The lowest BCUT2D eigenvalue weighted by atomic mass is 10.0. The Bertz CT molecular complexity index is 411. The van der Waals surface area contributed by atoms with Crippen molar-refractivity contribution in [2.75, 3.05) is 0 Å². The molecule has 2 rings (SSSR count). The van der Waals surface area contributed by atoms with Crippen LogP contribution >= 0.6 is 0 Å². The van der Waals surface area contributed by atoms with E-state index < -0.39 is 11.7 Å². The third-order valence-electron chi connectivity index (χ3n) is 2.66. The van der Waals surface area contributed by atoms with Crippen LogP contribution in [0.3, 0.4) is 0 Å². The highest BCUT2D eigenvalue weighted by Gasteiger charge is 2.38. The van der Waals surface area contributed by atoms with Crippen molar-refractivity contribution in [3.8, 4) is 5.75 Å². The van der Waals surface area contributed by atoms with Crippen LogP contribution < -0.4 is 4.74 Å². The molecule has 5 heteroatoms. The van der Waals surface area contributed by atoms with E-state index in [0.717, 1.165) is 19.0 Å². The van der Waals surface area contributed by atoms with Crippen LogP contribution in [0.5, 0.6) is 5.75 Å². The smallest absolute Gasteiger partial charge is 0.421 e. The summed E-state index contributed by atoms with van der Waals surface area (Å²) < 4.78 is 43.9. The summed E-state index contributed by atoms with van der Waals surface area (Å²) in [5.74, 6) is -0.0800. The average Bonchev–Trinajstić information content (AvgIpc) is 3.00. The minimum Gasteiger partial charge on any atom is -0.489 e. The molecule has 0 radical (unpaired) electrons. The van der Waals surface area contributed by atoms with Crippen molar-refractivity contribution in [3.63, 3.8) is 0 Å². The fourth-order valence-electron chi connectivity index (χ4n) is 1.56. The SMILES string of the molecule is CC(C)c1cncc(C(F)(F)F)c1OC1CC1. The third kappa shape index (κ3) is 2.70. The minimum atomic E-state index is -4.41. The standard InChI is InChI=1S/C12H14F3NO/c1-7(2)9-5-16-6-10(12(13,14)15)11(9)17-8-3-4-8/h5-8H,3-4H2,1-2H3. The van der Waals surface area contributed by atoms with E-state index in [0.29, 0.717) is 5.56 Å². The van der Waals surface area contributed by atoms with Gasteiger partial charge in [-0.2, -0.15) is 13.2 Å². The molecule has 0 N–H and O–H groups in total. The molecule has 94 valence electrons. The lowest BCUT2D eigenvalue weighted by molar-refractivity contribution is -0.139. The van der Waals surface area contributed by atoms with E-state index in [9.17, 15) is 13.2 Å². The van der Waals surface area contributed by atoms with Crippen molar-refractivity contribution in [2.24, 2.45) is 0 Å². The Kier molecular flexibility index (Phi) is 3.02. The Labute approximate surface area is 97.8 Å². The van der Waals surface area contributed by atoms with Crippen LogP contribution in [0.4, 0.5) is 13.2 Å². The lowest BCUT2D eigenvalue weighted by Crippen LogP contribution is -2.12. The first-order valence-corrected chi connectivity index (χ1v) is 5.61. The molecule has 1 aliphatic carbocycles. The van der Waals surface area contributed by atoms with Crippen molar-refractivity contribution in [1.29, 1.82) is 0 Å². The topological polar surface area (TPSA) is 22.1 Å². The summed E-state index contributed by atoms with van der Waals surface area (Å²) in [4.78, 5) is 3.66. The molecular weight excluding hydrogens is 231 g/mol. The Morgan fingerprint density at radius 1 is 1.29 bits per heavy atom. The second-order valence-corrected chi connectivity index (χ2v) is 4.58. The van der Waals surface area contributed by atoms with Gasteiger partial charge in [0.05, 0.1) is 6.10 Å². The van der Waals surface area contributed by atoms with Gasteiger partial charge in [-0.25, -0.2) is 0 Å². The number of halogens is 3. The molecule has 2 nitrogen and oxygen atoms in total. The van der Waals surface area contributed by atoms with Gasteiger partial charge < -0.3 is 4.74 Å². The molecular formula is C12H14F3NO. The number of rotatable bonds is 3. The van der Waals surface area contributed by atoms with Crippen molar-refractivity contribution in [2.45, 2.75) is 44.9 Å². The second-order valence-electron chi connectivity index (χ2n) is 4.58. The quantitative estimate of drug-likeness (QED) is 0.808. The van der Waals surface area contributed by atoms with Crippen LogP contribution in [-0.4, -0.2) is 11.1 Å². The summed E-state index contributed by atoms with van der Waals surface area (Å²) in [7, 11) is 0. The maximum atomic E-state index is 12.8. The van der Waals surface area contributed by atoms with E-state index in [-0.39, 0.29) is 17.8 Å². The summed E-state index contributed by atoms with van der Waals surface area (Å²) in [5, 5.41) is 0. The maximum Gasteiger partial charge on any atom is 0.421 e. The van der Waals surface area contributed by atoms with Crippen molar-refractivity contribution >= 4 is 0 Å². The lowest BCUT2D eigenvalue weighted by Gasteiger charge is -2.18. The predicted octanol–water partition coefficient (Wildman–Crippen LogP) is 3.77. The van der Waals surface area contributed by atoms with E-state index in [2.05, 4.69) is 4.98 Å². The number of hydrogen-bond acceptors (Lipinski definition) is 2. The van der Waals surface area contributed by atoms with Crippen LogP contribution in [0.1, 0.15) is 43.7 Å². The molecule has 0 unspecified atom stereocenters. The van der Waals surface area contributed by atoms with Gasteiger partial charge in [0, 0.05) is 18.0 Å². The average molecular weight is 245 g/mol. The Morgan fingerprint density at radius 3 is 2.41 bits per heavy atom. The molecule has 0 amide bonds. The van der Waals surface area contributed by atoms with Crippen LogP contribution in [0.2, 0.25) is 0 Å². The Hall–Kier alpha value is -1.26. The van der Waals surface area contributed by atoms with Gasteiger partial charge >= 0.3 is 6.18 Å². The molecule has 1 heterocycles. The van der Waals surface area contributed by atoms with Crippen molar-refractivity contribution in [1.82, 2.24) is 4.98 Å². The zero-order valence-corrected chi connectivity index (χ0v) is 9.71. The zero-order chi connectivity index (χ0) is 12.6. The van der Waals surface area contributed by atoms with Gasteiger partial charge in [0.1, 0.15) is 11.3 Å². The van der Waals surface area contributed by atoms with Gasteiger partial charge in [0.25, 0.3) is 0 Å². The minimum absolute atomic E-state index is 0.0370. The zero-order valence-electron chi connectivity index (χ0n) is 9.71. The van der Waals surface area contributed by atoms with Gasteiger partial charge in [-0.15, -0.1) is 0 Å². The summed E-state index contributed by atoms with van der Waals surface area (Å²) >= 11 is 0. The first-order chi connectivity index (χ1) is 7.89. The van der Waals surface area contributed by atoms with Crippen molar-refractivity contribution in [3.05, 3.63) is 23.5 Å². The number of nitrogens with zero attached hydrogens (tertiary/aromatic N) is 1. The maximum absolute atomic E-state index is 12.8. The van der Waals surface area contributed by atoms with Crippen LogP contribution in [-0.2, 0) is 6.18 Å². The second kappa shape index (κ2) is 4.20. The van der Waals surface area contributed by atoms with Gasteiger partial charge in [0.15, 0.2) is 0 Å². The van der Waals surface area contributed by atoms with Gasteiger partial charge in [-0.05, 0) is 18.8 Å². The summed E-state index contributed by atoms with van der Waals surface area (Å²) in [6.45, 7) is 3.66. The summed E-state index contributed by atoms with van der Waals surface area (Å²) in [5.41, 5.74) is -0.248. The summed E-state index contributed by atoms with van der Waals surface area (Å²) in [6.07, 6.45) is -0.520. The number of alkyl halides is 3. The highest BCUT2D eigenvalue weighted by Crippen LogP contribution is 2.42. The molecule has 1 fully saturated rings. The summed E-state index contributed by atoms with van der Waals surface area (Å²) in [6, 6.07) is 0. The molecule has 0 spiro atoms. The molecule has 0 aliphatic heterocycles. The van der Waals surface area contributed by atoms with Crippen molar-refractivity contribution < 1.29 is 17.9 Å². The first-order valence-electron chi connectivity index (χ1n) is 5.61. The molecule has 0 atom stereocenters. The fourth-order valence-corrected chi connectivity index (χ4v) is 1.56. The fraction of sp³-hybridized carbons (Fsp3) is 0.583. The number of ether oxygens (including phenoxy) is 1. The van der Waals surface area contributed by atoms with E-state index in [1.165, 1.54) is 6.20 Å². The number of aromatic nitrogens is 1. The largest absolute Gasteiger partial charge is 0.489 e. The van der Waals surface area contributed by atoms with E-state index in [4.69, 9.17) is 4.74 Å². The Morgan fingerprint density at radius 2 is 1.94 bits per heavy atom. The molecule has 17 heavy (non-hydrogen) atoms. The Balaban J connectivity index is 2.45. The highest BCUT2D eigenvalue weighted by molar-refractivity contribution is 5.42. The normalized spacial score (nSPS) is 16.4. The van der Waals surface area contributed by atoms with Crippen LogP contribution in [0.15, 0.2) is 12.4 Å². The molecule has 0 aromatic carbocycles. The highest BCUT2D eigenvalue weighted by atomic mass is 19.4. The molecule has 0 bridgehead atoms. The third-order valence-corrected chi connectivity index (χ3v) is 2.66. The van der Waals surface area contributed by atoms with Gasteiger partial charge in [-0.1, -0.05) is 13.8 Å². The van der Waals surface area contributed by atoms with E-state index in [1.54, 1.807) is 0 Å². The van der Waals surface area contributed by atoms with Crippen LogP contribution in [0.25, 0.3) is 0 Å². The number of pyridine rings is 1. The molecule has 1 aromatic rings. The van der Waals surface area contributed by atoms with E-state index in [1.807, 2.05) is 13.8 Å².